The summed E-state index contributed by atoms with van der Waals surface area (Å²) in [6, 6.07) is 9.60. The molecule has 0 aliphatic heterocycles. The number of carbonyl (C=O) groups excluding carboxylic acids is 1. The van der Waals surface area contributed by atoms with E-state index in [0.29, 0.717) is 0 Å². The third-order valence-electron chi connectivity index (χ3n) is 4.45. The van der Waals surface area contributed by atoms with E-state index in [2.05, 4.69) is 10.3 Å². The standard InChI is InChI=1S/C19H23N2O.2CH2/c22-19(21-14-15-8-4-2-1-3-5-9-15)17-12-13-20-18-11-7-6-10-16(17)18;;/h6-7,10-13H,1-5,8-9,14H2,(H,21,22);2*1H2. The van der Waals surface area contributed by atoms with Crippen LogP contribution in [0.5, 0.6) is 0 Å². The molecule has 2 aromatic rings. The highest BCUT2D eigenvalue weighted by Gasteiger charge is 2.15. The molecular formula is C21H27N2O. The molecule has 0 spiro atoms. The summed E-state index contributed by atoms with van der Waals surface area (Å²) in [4.78, 5) is 16.8. The van der Waals surface area contributed by atoms with Crippen molar-refractivity contribution in [2.75, 3.05) is 6.54 Å². The number of rotatable bonds is 3. The summed E-state index contributed by atoms with van der Waals surface area (Å²) in [5.41, 5.74) is 1.59. The maximum atomic E-state index is 12.5. The van der Waals surface area contributed by atoms with Crippen LogP contribution >= 0.6 is 0 Å². The first-order valence-corrected chi connectivity index (χ1v) is 8.30. The molecule has 24 heavy (non-hydrogen) atoms. The molecule has 1 aromatic carbocycles. The van der Waals surface area contributed by atoms with Gasteiger partial charge in [-0.15, -0.1) is 0 Å². The van der Waals surface area contributed by atoms with Gasteiger partial charge in [-0.25, -0.2) is 0 Å². The first-order chi connectivity index (χ1) is 10.8. The normalized spacial score (nSPS) is 15.5. The van der Waals surface area contributed by atoms with Gasteiger partial charge in [0.2, 0.25) is 0 Å². The van der Waals surface area contributed by atoms with Crippen LogP contribution in [0.15, 0.2) is 36.5 Å². The van der Waals surface area contributed by atoms with Crippen molar-refractivity contribution in [3.8, 4) is 0 Å². The van der Waals surface area contributed by atoms with Gasteiger partial charge in [0.15, 0.2) is 0 Å². The molecule has 0 unspecified atom stereocenters. The van der Waals surface area contributed by atoms with Gasteiger partial charge in [0.1, 0.15) is 0 Å². The Morgan fingerprint density at radius 1 is 0.958 bits per heavy atom. The number of carbonyl (C=O) groups is 1. The highest BCUT2D eigenvalue weighted by molar-refractivity contribution is 6.05. The smallest absolute Gasteiger partial charge is 0.252 e. The second kappa shape index (κ2) is 10.1. The van der Waals surface area contributed by atoms with E-state index in [0.717, 1.165) is 35.9 Å². The molecule has 3 rings (SSSR count). The average Bonchev–Trinajstić information content (AvgIpc) is 2.53. The van der Waals surface area contributed by atoms with Gasteiger partial charge >= 0.3 is 0 Å². The van der Waals surface area contributed by atoms with Crippen molar-refractivity contribution in [1.82, 2.24) is 10.3 Å². The zero-order chi connectivity index (χ0) is 15.2. The number of aromatic nitrogens is 1. The van der Waals surface area contributed by atoms with E-state index in [4.69, 9.17) is 0 Å². The molecule has 1 aliphatic carbocycles. The molecule has 0 atom stereocenters. The van der Waals surface area contributed by atoms with Crippen molar-refractivity contribution in [3.63, 3.8) is 0 Å². The van der Waals surface area contributed by atoms with E-state index >= 15 is 0 Å². The zero-order valence-corrected chi connectivity index (χ0v) is 14.4. The summed E-state index contributed by atoms with van der Waals surface area (Å²) < 4.78 is 0. The van der Waals surface area contributed by atoms with Gasteiger partial charge in [-0.2, -0.15) is 0 Å². The van der Waals surface area contributed by atoms with Gasteiger partial charge in [0.05, 0.1) is 11.1 Å². The molecule has 1 saturated carbocycles. The van der Waals surface area contributed by atoms with Crippen molar-refractivity contribution in [2.24, 2.45) is 0 Å². The van der Waals surface area contributed by atoms with E-state index in [1.807, 2.05) is 24.3 Å². The highest BCUT2D eigenvalue weighted by Crippen LogP contribution is 2.23. The zero-order valence-electron chi connectivity index (χ0n) is 14.4. The Balaban J connectivity index is 0.00000144. The predicted octanol–water partition coefficient (Wildman–Crippen LogP) is 4.94. The van der Waals surface area contributed by atoms with Crippen LogP contribution in [-0.4, -0.2) is 17.4 Å². The lowest BCUT2D eigenvalue weighted by molar-refractivity contribution is 0.0955. The number of fused-ring (bicyclic) bond motifs is 1. The predicted molar refractivity (Wildman–Crippen MR) is 100 cm³/mol. The molecule has 3 heteroatoms. The SMILES string of the molecule is O=C(NC[C]1CCCCCCC1)c1ccnc2ccccc12.[CH2].[CH2]. The van der Waals surface area contributed by atoms with Gasteiger partial charge in [-0.05, 0) is 30.9 Å². The summed E-state index contributed by atoms with van der Waals surface area (Å²) in [6.07, 6.45) is 10.6. The second-order valence-corrected chi connectivity index (χ2v) is 6.08. The monoisotopic (exact) mass is 323 g/mol. The molecule has 0 bridgehead atoms. The van der Waals surface area contributed by atoms with Crippen molar-refractivity contribution < 1.29 is 4.79 Å². The topological polar surface area (TPSA) is 42.0 Å². The molecule has 1 aromatic heterocycles. The lowest BCUT2D eigenvalue weighted by Crippen LogP contribution is -2.29. The number of hydrogen-bond acceptors (Lipinski definition) is 2. The molecule has 3 nitrogen and oxygen atoms in total. The maximum absolute atomic E-state index is 12.5. The molecule has 1 amide bonds. The summed E-state index contributed by atoms with van der Waals surface area (Å²) >= 11 is 0. The number of benzene rings is 1. The van der Waals surface area contributed by atoms with E-state index in [1.54, 1.807) is 12.3 Å². The first-order valence-electron chi connectivity index (χ1n) is 8.30. The number of amides is 1. The molecule has 1 N–H and O–H groups in total. The minimum Gasteiger partial charge on any atom is -0.351 e. The van der Waals surface area contributed by atoms with Gasteiger partial charge in [-0.1, -0.05) is 65.2 Å². The fraction of sp³-hybridized carbons (Fsp3) is 0.381. The quantitative estimate of drug-likeness (QED) is 0.869. The Labute approximate surface area is 146 Å². The minimum atomic E-state index is 0. The Kier molecular flexibility index (Phi) is 8.45. The average molecular weight is 323 g/mol. The lowest BCUT2D eigenvalue weighted by atomic mass is 9.91. The minimum absolute atomic E-state index is 0. The van der Waals surface area contributed by atoms with Gasteiger partial charge in [0, 0.05) is 18.1 Å². The van der Waals surface area contributed by atoms with Crippen LogP contribution in [0, 0.1) is 20.8 Å². The molecule has 1 aliphatic rings. The molecule has 0 saturated heterocycles. The Morgan fingerprint density at radius 2 is 1.62 bits per heavy atom. The van der Waals surface area contributed by atoms with Crippen LogP contribution in [0.3, 0.4) is 0 Å². The van der Waals surface area contributed by atoms with Gasteiger partial charge in [0.25, 0.3) is 5.91 Å². The number of nitrogens with one attached hydrogen (secondary N) is 1. The van der Waals surface area contributed by atoms with Crippen LogP contribution in [0.1, 0.15) is 55.3 Å². The van der Waals surface area contributed by atoms with Crippen LogP contribution in [0.4, 0.5) is 0 Å². The third kappa shape index (κ3) is 5.05. The first kappa shape index (κ1) is 20.1. The Hall–Kier alpha value is -1.90. The van der Waals surface area contributed by atoms with Gasteiger partial charge in [-0.3, -0.25) is 9.78 Å². The summed E-state index contributed by atoms with van der Waals surface area (Å²) in [5, 5.41) is 4.03. The van der Waals surface area contributed by atoms with E-state index in [9.17, 15) is 4.79 Å². The Bertz CT molecular complexity index is 625. The molecule has 5 radical (unpaired) electrons. The molecule has 1 fully saturated rings. The number of nitrogens with zero attached hydrogens (tertiary/aromatic N) is 1. The van der Waals surface area contributed by atoms with Crippen molar-refractivity contribution in [3.05, 3.63) is 62.9 Å². The van der Waals surface area contributed by atoms with Crippen molar-refractivity contribution in [1.29, 1.82) is 0 Å². The van der Waals surface area contributed by atoms with Crippen molar-refractivity contribution in [2.45, 2.75) is 44.9 Å². The summed E-state index contributed by atoms with van der Waals surface area (Å²) in [7, 11) is 0. The highest BCUT2D eigenvalue weighted by atomic mass is 16.1. The summed E-state index contributed by atoms with van der Waals surface area (Å²) in [6.45, 7) is 0.718. The molecule has 127 valence electrons. The maximum Gasteiger partial charge on any atom is 0.252 e. The van der Waals surface area contributed by atoms with E-state index in [-0.39, 0.29) is 20.8 Å². The number of hydrogen-bond donors (Lipinski definition) is 1. The van der Waals surface area contributed by atoms with E-state index < -0.39 is 0 Å². The number of pyridine rings is 1. The second-order valence-electron chi connectivity index (χ2n) is 6.08. The van der Waals surface area contributed by atoms with Crippen LogP contribution in [0.2, 0.25) is 0 Å². The number of para-hydroxylation sites is 1. The van der Waals surface area contributed by atoms with Crippen molar-refractivity contribution >= 4 is 16.8 Å². The summed E-state index contributed by atoms with van der Waals surface area (Å²) in [5.74, 6) is 1.50. The van der Waals surface area contributed by atoms with E-state index in [1.165, 1.54) is 38.0 Å². The lowest BCUT2D eigenvalue weighted by Gasteiger charge is -2.19. The van der Waals surface area contributed by atoms with Gasteiger partial charge < -0.3 is 5.32 Å². The largest absolute Gasteiger partial charge is 0.351 e. The third-order valence-corrected chi connectivity index (χ3v) is 4.45. The van der Waals surface area contributed by atoms with Crippen LogP contribution in [-0.2, 0) is 0 Å². The Morgan fingerprint density at radius 3 is 2.38 bits per heavy atom. The van der Waals surface area contributed by atoms with Crippen LogP contribution in [0.25, 0.3) is 10.9 Å². The molecular weight excluding hydrogens is 296 g/mol. The van der Waals surface area contributed by atoms with Crippen LogP contribution < -0.4 is 5.32 Å². The fourth-order valence-corrected chi connectivity index (χ4v) is 3.18. The molecule has 1 heterocycles. The fourth-order valence-electron chi connectivity index (χ4n) is 3.18.